The smallest absolute Gasteiger partial charge is 0.257 e. The molecule has 1 aliphatic rings. The van der Waals surface area contributed by atoms with Crippen molar-refractivity contribution in [3.8, 4) is 0 Å². The van der Waals surface area contributed by atoms with Gasteiger partial charge >= 0.3 is 0 Å². The molecule has 126 valence electrons. The first kappa shape index (κ1) is 17.1. The second kappa shape index (κ2) is 7.45. The van der Waals surface area contributed by atoms with Crippen LogP contribution < -0.4 is 10.2 Å². The van der Waals surface area contributed by atoms with Crippen molar-refractivity contribution >= 4 is 40.5 Å². The number of carbonyl (C=O) groups excluding carboxylic acids is 1. The maximum Gasteiger partial charge on any atom is 0.257 e. The first-order valence-corrected chi connectivity index (χ1v) is 8.93. The van der Waals surface area contributed by atoms with E-state index in [2.05, 4.69) is 29.3 Å². The van der Waals surface area contributed by atoms with Crippen LogP contribution in [0.15, 0.2) is 42.5 Å². The molecule has 0 aromatic heterocycles. The van der Waals surface area contributed by atoms with Crippen LogP contribution in [0.2, 0.25) is 10.0 Å². The summed E-state index contributed by atoms with van der Waals surface area (Å²) in [7, 11) is 0. The Morgan fingerprint density at radius 1 is 1.12 bits per heavy atom. The highest BCUT2D eigenvalue weighted by Crippen LogP contribution is 2.26. The molecule has 1 amide bonds. The number of nitrogens with one attached hydrogen (secondary N) is 1. The first-order chi connectivity index (χ1) is 11.5. The molecule has 0 aliphatic carbocycles. The number of rotatable bonds is 3. The lowest BCUT2D eigenvalue weighted by molar-refractivity contribution is 0.102. The minimum atomic E-state index is -0.262. The van der Waals surface area contributed by atoms with Crippen molar-refractivity contribution < 1.29 is 4.79 Å². The molecular formula is C19H20Cl2N2O. The van der Waals surface area contributed by atoms with E-state index in [1.165, 1.54) is 24.9 Å². The molecule has 0 spiro atoms. The van der Waals surface area contributed by atoms with E-state index in [-0.39, 0.29) is 5.91 Å². The Morgan fingerprint density at radius 3 is 2.58 bits per heavy atom. The molecule has 24 heavy (non-hydrogen) atoms. The number of nitrogens with zero attached hydrogens (tertiary/aromatic N) is 1. The van der Waals surface area contributed by atoms with E-state index in [0.29, 0.717) is 21.7 Å². The van der Waals surface area contributed by atoms with E-state index in [1.807, 2.05) is 12.1 Å². The molecule has 2 aromatic rings. The van der Waals surface area contributed by atoms with Gasteiger partial charge in [0.15, 0.2) is 0 Å². The lowest BCUT2D eigenvalue weighted by Crippen LogP contribution is -2.37. The third kappa shape index (κ3) is 3.85. The Bertz CT molecular complexity index is 731. The maximum atomic E-state index is 12.4. The van der Waals surface area contributed by atoms with Crippen LogP contribution >= 0.6 is 23.2 Å². The third-order valence-corrected chi connectivity index (χ3v) is 5.00. The van der Waals surface area contributed by atoms with Gasteiger partial charge in [0.1, 0.15) is 0 Å². The molecule has 1 atom stereocenters. The summed E-state index contributed by atoms with van der Waals surface area (Å²) in [5.74, 6) is -0.262. The van der Waals surface area contributed by atoms with Gasteiger partial charge in [-0.25, -0.2) is 0 Å². The normalized spacial score (nSPS) is 17.6. The Kier molecular flexibility index (Phi) is 5.32. The lowest BCUT2D eigenvalue weighted by atomic mass is 10.0. The van der Waals surface area contributed by atoms with Gasteiger partial charge in [-0.2, -0.15) is 0 Å². The Labute approximate surface area is 152 Å². The van der Waals surface area contributed by atoms with Gasteiger partial charge in [0.05, 0.1) is 10.6 Å². The number of halogens is 2. The van der Waals surface area contributed by atoms with Gasteiger partial charge in [-0.05, 0) is 68.7 Å². The summed E-state index contributed by atoms with van der Waals surface area (Å²) in [6.45, 7) is 3.35. The fourth-order valence-electron chi connectivity index (χ4n) is 3.09. The van der Waals surface area contributed by atoms with Crippen LogP contribution in [0.25, 0.3) is 0 Å². The average molecular weight is 363 g/mol. The number of hydrogen-bond acceptors (Lipinski definition) is 2. The zero-order valence-corrected chi connectivity index (χ0v) is 15.1. The van der Waals surface area contributed by atoms with Crippen molar-refractivity contribution in [3.05, 3.63) is 58.1 Å². The topological polar surface area (TPSA) is 32.3 Å². The van der Waals surface area contributed by atoms with Crippen molar-refractivity contribution in [3.63, 3.8) is 0 Å². The summed E-state index contributed by atoms with van der Waals surface area (Å²) in [6, 6.07) is 13.4. The highest BCUT2D eigenvalue weighted by Gasteiger charge is 2.18. The second-order valence-electron chi connectivity index (χ2n) is 6.16. The maximum absolute atomic E-state index is 12.4. The summed E-state index contributed by atoms with van der Waals surface area (Å²) in [5, 5.41) is 3.74. The number of carbonyl (C=O) groups is 1. The van der Waals surface area contributed by atoms with Gasteiger partial charge in [-0.3, -0.25) is 4.79 Å². The first-order valence-electron chi connectivity index (χ1n) is 8.18. The van der Waals surface area contributed by atoms with Crippen LogP contribution in [0, 0.1) is 0 Å². The molecule has 1 N–H and O–H groups in total. The standard InChI is InChI=1S/C19H20Cl2N2O/c1-13-4-2-3-11-23(13)16-8-6-15(7-9-16)22-19(24)17-12-14(20)5-10-18(17)21/h5-10,12-13H,2-4,11H2,1H3,(H,22,24). The summed E-state index contributed by atoms with van der Waals surface area (Å²) >= 11 is 12.0. The van der Waals surface area contributed by atoms with Gasteiger partial charge in [-0.1, -0.05) is 23.2 Å². The fourth-order valence-corrected chi connectivity index (χ4v) is 3.46. The number of benzene rings is 2. The number of amides is 1. The van der Waals surface area contributed by atoms with Crippen molar-refractivity contribution in [2.75, 3.05) is 16.8 Å². The number of piperidine rings is 1. The minimum Gasteiger partial charge on any atom is -0.369 e. The predicted octanol–water partition coefficient (Wildman–Crippen LogP) is 5.62. The van der Waals surface area contributed by atoms with Crippen molar-refractivity contribution in [2.45, 2.75) is 32.2 Å². The third-order valence-electron chi connectivity index (χ3n) is 4.43. The van der Waals surface area contributed by atoms with Crippen molar-refractivity contribution in [1.29, 1.82) is 0 Å². The van der Waals surface area contributed by atoms with Crippen LogP contribution in [0.1, 0.15) is 36.5 Å². The summed E-state index contributed by atoms with van der Waals surface area (Å²) in [5.41, 5.74) is 2.31. The summed E-state index contributed by atoms with van der Waals surface area (Å²) < 4.78 is 0. The summed E-state index contributed by atoms with van der Waals surface area (Å²) in [6.07, 6.45) is 3.76. The Morgan fingerprint density at radius 2 is 1.88 bits per heavy atom. The monoisotopic (exact) mass is 362 g/mol. The highest BCUT2D eigenvalue weighted by atomic mass is 35.5. The van der Waals surface area contributed by atoms with Crippen molar-refractivity contribution in [2.24, 2.45) is 0 Å². The molecule has 2 aromatic carbocycles. The summed E-state index contributed by atoms with van der Waals surface area (Å²) in [4.78, 5) is 14.8. The minimum absolute atomic E-state index is 0.262. The molecule has 0 saturated carbocycles. The molecule has 1 heterocycles. The zero-order valence-electron chi connectivity index (χ0n) is 13.6. The second-order valence-corrected chi connectivity index (χ2v) is 7.01. The predicted molar refractivity (Wildman–Crippen MR) is 102 cm³/mol. The molecule has 1 aliphatic heterocycles. The molecular weight excluding hydrogens is 343 g/mol. The quantitative estimate of drug-likeness (QED) is 0.767. The highest BCUT2D eigenvalue weighted by molar-refractivity contribution is 6.36. The van der Waals surface area contributed by atoms with E-state index >= 15 is 0 Å². The molecule has 0 bridgehead atoms. The van der Waals surface area contributed by atoms with Crippen LogP contribution in [0.3, 0.4) is 0 Å². The largest absolute Gasteiger partial charge is 0.369 e. The van der Waals surface area contributed by atoms with E-state index in [9.17, 15) is 4.79 Å². The van der Waals surface area contributed by atoms with E-state index in [0.717, 1.165) is 12.2 Å². The molecule has 1 fully saturated rings. The molecule has 3 nitrogen and oxygen atoms in total. The van der Waals surface area contributed by atoms with E-state index < -0.39 is 0 Å². The van der Waals surface area contributed by atoms with Crippen molar-refractivity contribution in [1.82, 2.24) is 0 Å². The molecule has 1 saturated heterocycles. The van der Waals surface area contributed by atoms with E-state index in [1.54, 1.807) is 18.2 Å². The van der Waals surface area contributed by atoms with Gasteiger partial charge in [0.25, 0.3) is 5.91 Å². The Balaban J connectivity index is 1.72. The van der Waals surface area contributed by atoms with Crippen LogP contribution in [0.4, 0.5) is 11.4 Å². The van der Waals surface area contributed by atoms with Gasteiger partial charge in [0.2, 0.25) is 0 Å². The average Bonchev–Trinajstić information content (AvgIpc) is 2.58. The molecule has 3 rings (SSSR count). The van der Waals surface area contributed by atoms with Gasteiger partial charge in [0, 0.05) is 29.0 Å². The van der Waals surface area contributed by atoms with Gasteiger partial charge in [-0.15, -0.1) is 0 Å². The molecule has 0 radical (unpaired) electrons. The van der Waals surface area contributed by atoms with Crippen LogP contribution in [-0.4, -0.2) is 18.5 Å². The number of hydrogen-bond donors (Lipinski definition) is 1. The SMILES string of the molecule is CC1CCCCN1c1ccc(NC(=O)c2cc(Cl)ccc2Cl)cc1. The lowest BCUT2D eigenvalue weighted by Gasteiger charge is -2.35. The van der Waals surface area contributed by atoms with Crippen LogP contribution in [0.5, 0.6) is 0 Å². The zero-order chi connectivity index (χ0) is 17.1. The molecule has 1 unspecified atom stereocenters. The molecule has 5 heteroatoms. The Hall–Kier alpha value is -1.71. The van der Waals surface area contributed by atoms with Crippen LogP contribution in [-0.2, 0) is 0 Å². The van der Waals surface area contributed by atoms with E-state index in [4.69, 9.17) is 23.2 Å². The van der Waals surface area contributed by atoms with Gasteiger partial charge < -0.3 is 10.2 Å². The fraction of sp³-hybridized carbons (Fsp3) is 0.316. The number of anilines is 2.